The molecule has 0 N–H and O–H groups in total. The van der Waals surface area contributed by atoms with Crippen LogP contribution in [-0.2, 0) is 4.79 Å². The first kappa shape index (κ1) is 20.9. The van der Waals surface area contributed by atoms with Crippen LogP contribution in [0.15, 0.2) is 0 Å². The number of hydrogen-bond donors (Lipinski definition) is 0. The summed E-state index contributed by atoms with van der Waals surface area (Å²) in [6, 6.07) is 0. The molecule has 4 aliphatic carbocycles. The van der Waals surface area contributed by atoms with E-state index in [9.17, 15) is 4.79 Å². The lowest BCUT2D eigenvalue weighted by Gasteiger charge is -2.59. The second-order valence-electron chi connectivity index (χ2n) is 9.08. The molecule has 4 rings (SSSR count). The van der Waals surface area contributed by atoms with E-state index < -0.39 is 0 Å². The molecular formula is C22H36I2O. The minimum Gasteiger partial charge on any atom is -0.300 e. The summed E-state index contributed by atoms with van der Waals surface area (Å²) >= 11 is 5.67. The van der Waals surface area contributed by atoms with Crippen molar-refractivity contribution in [2.45, 2.75) is 92.3 Å². The molecule has 0 aromatic carbocycles. The molecule has 25 heavy (non-hydrogen) atoms. The molecule has 0 aromatic rings. The number of hydrogen-bond acceptors (Lipinski definition) is 1. The Morgan fingerprint density at radius 1 is 0.960 bits per heavy atom. The maximum absolute atomic E-state index is 12.3. The summed E-state index contributed by atoms with van der Waals surface area (Å²) < 4.78 is 0.865. The maximum Gasteiger partial charge on any atom is 0.134 e. The van der Waals surface area contributed by atoms with Gasteiger partial charge in [0.25, 0.3) is 0 Å². The van der Waals surface area contributed by atoms with Crippen molar-refractivity contribution < 1.29 is 4.79 Å². The van der Waals surface area contributed by atoms with Gasteiger partial charge in [0, 0.05) is 12.8 Å². The van der Waals surface area contributed by atoms with Gasteiger partial charge in [0.2, 0.25) is 0 Å². The minimum absolute atomic E-state index is 0.276. The lowest BCUT2D eigenvalue weighted by Crippen LogP contribution is -2.57. The van der Waals surface area contributed by atoms with Gasteiger partial charge in [0.15, 0.2) is 0 Å². The maximum atomic E-state index is 12.3. The van der Waals surface area contributed by atoms with Gasteiger partial charge in [0.1, 0.15) is 5.78 Å². The molecule has 144 valence electrons. The molecule has 4 fully saturated rings. The molecule has 0 aromatic heterocycles. The molecule has 1 nitrogen and oxygen atoms in total. The largest absolute Gasteiger partial charge is 0.300 e. The molecule has 0 amide bonds. The topological polar surface area (TPSA) is 17.1 Å². The van der Waals surface area contributed by atoms with Crippen molar-refractivity contribution in [3.63, 3.8) is 0 Å². The van der Waals surface area contributed by atoms with Gasteiger partial charge in [-0.25, -0.2) is 0 Å². The number of alkyl halides is 2. The lowest BCUT2D eigenvalue weighted by atomic mass is 9.52. The molecule has 0 saturated heterocycles. The predicted molar refractivity (Wildman–Crippen MR) is 124 cm³/mol. The van der Waals surface area contributed by atoms with Gasteiger partial charge < -0.3 is 0 Å². The number of Topliss-reactive ketones (excluding diaryl/α,β-unsaturated/α-hetero) is 1. The van der Waals surface area contributed by atoms with Crippen molar-refractivity contribution in [2.75, 3.05) is 0 Å². The van der Waals surface area contributed by atoms with Gasteiger partial charge in [0.05, 0.1) is 0 Å². The van der Waals surface area contributed by atoms with Crippen LogP contribution in [0.3, 0.4) is 0 Å². The quantitative estimate of drug-likeness (QED) is 0.240. The number of fused-ring (bicyclic) bond motifs is 5. The summed E-state index contributed by atoms with van der Waals surface area (Å²) in [5.41, 5.74) is 0. The summed E-state index contributed by atoms with van der Waals surface area (Å²) in [6.45, 7) is 8.31. The van der Waals surface area contributed by atoms with Crippen LogP contribution in [0.4, 0.5) is 0 Å². The second kappa shape index (κ2) is 7.87. The van der Waals surface area contributed by atoms with E-state index in [2.05, 4.69) is 52.1 Å². The van der Waals surface area contributed by atoms with E-state index >= 15 is 0 Å². The van der Waals surface area contributed by atoms with Gasteiger partial charge in [-0.3, -0.25) is 4.79 Å². The van der Waals surface area contributed by atoms with Crippen LogP contribution in [0.5, 0.6) is 0 Å². The highest BCUT2D eigenvalue weighted by Gasteiger charge is 2.63. The normalized spacial score (nSPS) is 51.4. The monoisotopic (exact) mass is 570 g/mol. The van der Waals surface area contributed by atoms with Crippen LogP contribution in [-0.4, -0.2) is 12.6 Å². The zero-order chi connectivity index (χ0) is 18.4. The zero-order valence-corrected chi connectivity index (χ0v) is 20.8. The summed E-state index contributed by atoms with van der Waals surface area (Å²) in [6.07, 6.45) is 12.6. The van der Waals surface area contributed by atoms with Crippen molar-refractivity contribution in [1.29, 1.82) is 0 Å². The lowest BCUT2D eigenvalue weighted by molar-refractivity contribution is -0.121. The zero-order valence-electron chi connectivity index (χ0n) is 16.5. The fraction of sp³-hybridized carbons (Fsp3) is 0.955. The Kier molecular flexibility index (Phi) is 6.56. The Labute approximate surface area is 182 Å². The van der Waals surface area contributed by atoms with E-state index in [0.29, 0.717) is 15.1 Å². The van der Waals surface area contributed by atoms with Crippen molar-refractivity contribution in [1.82, 2.24) is 0 Å². The Bertz CT molecular complexity index is 506. The summed E-state index contributed by atoms with van der Waals surface area (Å²) in [5, 5.41) is 0. The highest BCUT2D eigenvalue weighted by molar-refractivity contribution is 14.1. The Morgan fingerprint density at radius 3 is 2.36 bits per heavy atom. The molecular weight excluding hydrogens is 534 g/mol. The van der Waals surface area contributed by atoms with Crippen molar-refractivity contribution in [3.8, 4) is 0 Å². The number of carbonyl (C=O) groups excluding carboxylic acids is 1. The third kappa shape index (κ3) is 3.27. The Morgan fingerprint density at radius 2 is 1.68 bits per heavy atom. The van der Waals surface area contributed by atoms with E-state index in [1.807, 2.05) is 20.8 Å². The summed E-state index contributed by atoms with van der Waals surface area (Å²) in [7, 11) is 0. The van der Waals surface area contributed by atoms with Crippen LogP contribution >= 0.6 is 45.2 Å². The molecule has 8 atom stereocenters. The highest BCUT2D eigenvalue weighted by Crippen LogP contribution is 2.67. The first-order valence-electron chi connectivity index (χ1n) is 10.8. The first-order chi connectivity index (χ1) is 11.9. The van der Waals surface area contributed by atoms with Gasteiger partial charge in [-0.2, -0.15) is 0 Å². The highest BCUT2D eigenvalue weighted by atomic mass is 127. The molecule has 8 unspecified atom stereocenters. The molecule has 0 aliphatic heterocycles. The van der Waals surface area contributed by atoms with E-state index in [0.717, 1.165) is 36.0 Å². The van der Waals surface area contributed by atoms with Gasteiger partial charge >= 0.3 is 0 Å². The predicted octanol–water partition coefficient (Wildman–Crippen LogP) is 7.23. The van der Waals surface area contributed by atoms with Crippen LogP contribution in [0.2, 0.25) is 0 Å². The average Bonchev–Trinajstić information content (AvgIpc) is 2.87. The molecule has 0 spiro atoms. The van der Waals surface area contributed by atoms with Gasteiger partial charge in [-0.15, -0.1) is 0 Å². The fourth-order valence-electron chi connectivity index (χ4n) is 7.36. The number of carbonyl (C=O) groups is 1. The minimum atomic E-state index is 0.276. The van der Waals surface area contributed by atoms with Crippen LogP contribution in [0, 0.1) is 35.5 Å². The third-order valence-corrected chi connectivity index (χ3v) is 12.4. The molecule has 0 radical (unpaired) electrons. The molecule has 0 heterocycles. The fourth-order valence-corrected chi connectivity index (χ4v) is 11.2. The van der Waals surface area contributed by atoms with Crippen LogP contribution < -0.4 is 0 Å². The van der Waals surface area contributed by atoms with Crippen molar-refractivity contribution in [3.05, 3.63) is 0 Å². The Balaban J connectivity index is 0.000000880. The number of halogens is 2. The SMILES string of the molecule is CC.CC(=O)C1CC(C)C2C3CCC4CCCCC4(I)C3CCC12I. The molecule has 4 aliphatic rings. The Hall–Kier alpha value is 1.13. The van der Waals surface area contributed by atoms with E-state index in [4.69, 9.17) is 0 Å². The third-order valence-electron chi connectivity index (χ3n) is 8.17. The standard InChI is InChI=1S/C20H30I2O.C2H6/c1-12-11-17(13(2)23)20(22)10-8-16-15(18(12)20)7-6-14-5-3-4-9-19(14,16)21;1-2/h12,14-18H,3-11H2,1-2H3;1-2H3. The van der Waals surface area contributed by atoms with Crippen molar-refractivity contribution >= 4 is 51.0 Å². The van der Waals surface area contributed by atoms with E-state index in [-0.39, 0.29) is 3.42 Å². The molecule has 0 bridgehead atoms. The van der Waals surface area contributed by atoms with Crippen LogP contribution in [0.25, 0.3) is 0 Å². The second-order valence-corrected chi connectivity index (χ2v) is 13.1. The summed E-state index contributed by atoms with van der Waals surface area (Å²) in [4.78, 5) is 12.3. The van der Waals surface area contributed by atoms with Gasteiger partial charge in [-0.05, 0) is 81.5 Å². The molecule has 3 heteroatoms. The summed E-state index contributed by atoms with van der Waals surface area (Å²) in [5.74, 6) is 5.15. The van der Waals surface area contributed by atoms with Crippen molar-refractivity contribution in [2.24, 2.45) is 35.5 Å². The van der Waals surface area contributed by atoms with E-state index in [1.165, 1.54) is 51.4 Å². The van der Waals surface area contributed by atoms with E-state index in [1.54, 1.807) is 0 Å². The molecule has 4 saturated carbocycles. The number of ketones is 1. The first-order valence-corrected chi connectivity index (χ1v) is 12.9. The average molecular weight is 570 g/mol. The van der Waals surface area contributed by atoms with Gasteiger partial charge in [-0.1, -0.05) is 78.8 Å². The van der Waals surface area contributed by atoms with Crippen LogP contribution in [0.1, 0.15) is 85.5 Å². The smallest absolute Gasteiger partial charge is 0.134 e. The number of rotatable bonds is 1.